The van der Waals surface area contributed by atoms with Crippen LogP contribution in [-0.2, 0) is 32.5 Å². The van der Waals surface area contributed by atoms with E-state index >= 15 is 0 Å². The zero-order valence-electron chi connectivity index (χ0n) is 14.9. The van der Waals surface area contributed by atoms with Crippen LogP contribution < -0.4 is 48.0 Å². The number of halogens is 2. The molecule has 1 N–H and O–H groups in total. The molecule has 0 aromatic heterocycles. The molecule has 130 valence electrons. The SMILES string of the molecule is CC(C)(C)c1cccc(C(C)(C)C)c1O.[C-]1=CC=CC1.[I-].[I-].[Ti]. The maximum absolute atomic E-state index is 10.3. The Balaban J connectivity index is -0.000000431. The topological polar surface area (TPSA) is 20.2 Å². The second-order valence-electron chi connectivity index (χ2n) is 7.20. The van der Waals surface area contributed by atoms with Crippen molar-refractivity contribution in [3.63, 3.8) is 0 Å². The average molecular weight is 573 g/mol. The van der Waals surface area contributed by atoms with Gasteiger partial charge in [0.2, 0.25) is 0 Å². The van der Waals surface area contributed by atoms with E-state index in [0.29, 0.717) is 5.75 Å². The number of phenols is 1. The molecule has 0 atom stereocenters. The van der Waals surface area contributed by atoms with Crippen molar-refractivity contribution >= 4 is 0 Å². The Labute approximate surface area is 191 Å². The van der Waals surface area contributed by atoms with Crippen molar-refractivity contribution in [2.45, 2.75) is 58.8 Å². The molecule has 1 aromatic rings. The third-order valence-corrected chi connectivity index (χ3v) is 3.24. The van der Waals surface area contributed by atoms with Crippen LogP contribution in [0.5, 0.6) is 5.75 Å². The number of aromatic hydroxyl groups is 1. The molecule has 1 aliphatic rings. The zero-order valence-corrected chi connectivity index (χ0v) is 20.8. The number of benzene rings is 1. The molecule has 23 heavy (non-hydrogen) atoms. The monoisotopic (exact) mass is 573 g/mol. The first-order chi connectivity index (χ1) is 9.14. The number of allylic oxidation sites excluding steroid dienone is 4. The van der Waals surface area contributed by atoms with Gasteiger partial charge >= 0.3 is 0 Å². The van der Waals surface area contributed by atoms with Crippen LogP contribution in [0, 0.1) is 6.08 Å². The van der Waals surface area contributed by atoms with Crippen molar-refractivity contribution in [3.05, 3.63) is 53.6 Å². The number of para-hydroxylation sites is 1. The quantitative estimate of drug-likeness (QED) is 0.248. The van der Waals surface area contributed by atoms with Crippen molar-refractivity contribution in [2.24, 2.45) is 0 Å². The van der Waals surface area contributed by atoms with Crippen LogP contribution in [0.15, 0.2) is 36.4 Å². The van der Waals surface area contributed by atoms with Gasteiger partial charge in [-0.05, 0) is 22.0 Å². The van der Waals surface area contributed by atoms with E-state index in [9.17, 15) is 5.11 Å². The fraction of sp³-hybridized carbons (Fsp3) is 0.474. The van der Waals surface area contributed by atoms with Crippen LogP contribution in [0.25, 0.3) is 0 Å². The van der Waals surface area contributed by atoms with Gasteiger partial charge in [0.25, 0.3) is 0 Å². The first-order valence-electron chi connectivity index (χ1n) is 7.18. The minimum atomic E-state index is -0.00859. The van der Waals surface area contributed by atoms with Crippen molar-refractivity contribution < 1.29 is 74.8 Å². The standard InChI is InChI=1S/C14H22O.C5H5.2HI.Ti/c1-13(2,3)10-8-7-9-11(12(10)15)14(4,5)6;1-2-4-5-3-1;;;/h7-9,15H,1-6H3;1-3H,4H2;2*1H;/q;-1;;;/p-2. The molecule has 2 rings (SSSR count). The number of rotatable bonds is 0. The van der Waals surface area contributed by atoms with Gasteiger partial charge in [0.1, 0.15) is 5.75 Å². The minimum absolute atomic E-state index is 0. The molecule has 0 spiro atoms. The summed E-state index contributed by atoms with van der Waals surface area (Å²) in [6, 6.07) is 6.04. The third kappa shape index (κ3) is 9.66. The Hall–Kier alpha value is 0.674. The molecule has 0 heterocycles. The molecule has 1 nitrogen and oxygen atoms in total. The van der Waals surface area contributed by atoms with Gasteiger partial charge in [-0.3, -0.25) is 6.08 Å². The molecule has 4 heteroatoms. The summed E-state index contributed by atoms with van der Waals surface area (Å²) >= 11 is 0. The Kier molecular flexibility index (Phi) is 15.0. The van der Waals surface area contributed by atoms with E-state index in [-0.39, 0.29) is 80.5 Å². The number of hydrogen-bond donors (Lipinski definition) is 1. The molecule has 0 amide bonds. The van der Waals surface area contributed by atoms with Crippen molar-refractivity contribution in [1.82, 2.24) is 0 Å². The van der Waals surface area contributed by atoms with Gasteiger partial charge in [-0.25, -0.2) is 12.2 Å². The molecule has 0 radical (unpaired) electrons. The molecular formula is C19H27I2OTi-3. The second-order valence-corrected chi connectivity index (χ2v) is 7.20. The van der Waals surface area contributed by atoms with E-state index < -0.39 is 0 Å². The number of hydrogen-bond acceptors (Lipinski definition) is 1. The summed E-state index contributed by atoms with van der Waals surface area (Å²) in [6.07, 6.45) is 10.0. The molecule has 0 saturated heterocycles. The van der Waals surface area contributed by atoms with Gasteiger partial charge < -0.3 is 53.1 Å². The molecule has 0 bridgehead atoms. The van der Waals surface area contributed by atoms with Crippen molar-refractivity contribution in [2.75, 3.05) is 0 Å². The summed E-state index contributed by atoms with van der Waals surface area (Å²) in [7, 11) is 0. The van der Waals surface area contributed by atoms with Crippen LogP contribution in [-0.4, -0.2) is 5.11 Å². The minimum Gasteiger partial charge on any atom is -1.00 e. The Bertz CT molecular complexity index is 467. The van der Waals surface area contributed by atoms with E-state index in [0.717, 1.165) is 17.5 Å². The van der Waals surface area contributed by atoms with Gasteiger partial charge in [-0.2, -0.15) is 6.08 Å². The number of phenolic OH excluding ortho intramolecular Hbond substituents is 1. The molecular weight excluding hydrogens is 546 g/mol. The first-order valence-corrected chi connectivity index (χ1v) is 7.18. The van der Waals surface area contributed by atoms with E-state index in [1.54, 1.807) is 0 Å². The zero-order chi connectivity index (χ0) is 15.4. The molecule has 1 aliphatic carbocycles. The maximum atomic E-state index is 10.3. The average Bonchev–Trinajstić information content (AvgIpc) is 2.84. The van der Waals surface area contributed by atoms with Crippen molar-refractivity contribution in [3.8, 4) is 5.75 Å². The third-order valence-electron chi connectivity index (χ3n) is 3.24. The van der Waals surface area contributed by atoms with Gasteiger partial charge in [-0.1, -0.05) is 59.7 Å². The Morgan fingerprint density at radius 1 is 0.913 bits per heavy atom. The summed E-state index contributed by atoms with van der Waals surface area (Å²) in [5, 5.41) is 10.3. The summed E-state index contributed by atoms with van der Waals surface area (Å²) in [5.41, 5.74) is 2.03. The van der Waals surface area contributed by atoms with E-state index in [1.807, 2.05) is 30.4 Å². The van der Waals surface area contributed by atoms with E-state index in [4.69, 9.17) is 0 Å². The normalized spacial score (nSPS) is 12.3. The molecule has 0 fully saturated rings. The summed E-state index contributed by atoms with van der Waals surface area (Å²) in [6.45, 7) is 12.7. The van der Waals surface area contributed by atoms with Crippen LogP contribution in [0.4, 0.5) is 0 Å². The van der Waals surface area contributed by atoms with Gasteiger partial charge in [0, 0.05) is 21.7 Å². The predicted octanol–water partition coefficient (Wildman–Crippen LogP) is -0.702. The van der Waals surface area contributed by atoms with Gasteiger partial charge in [0.05, 0.1) is 0 Å². The van der Waals surface area contributed by atoms with Gasteiger partial charge in [0.15, 0.2) is 0 Å². The molecule has 0 unspecified atom stereocenters. The maximum Gasteiger partial charge on any atom is 0.123 e. The summed E-state index contributed by atoms with van der Waals surface area (Å²) < 4.78 is 0. The van der Waals surface area contributed by atoms with Crippen LogP contribution in [0.3, 0.4) is 0 Å². The summed E-state index contributed by atoms with van der Waals surface area (Å²) in [4.78, 5) is 0. The Morgan fingerprint density at radius 3 is 1.57 bits per heavy atom. The van der Waals surface area contributed by atoms with Gasteiger partial charge in [-0.15, -0.1) is 6.42 Å². The smallest absolute Gasteiger partial charge is 0.123 e. The molecule has 1 aromatic carbocycles. The Morgan fingerprint density at radius 2 is 1.35 bits per heavy atom. The fourth-order valence-corrected chi connectivity index (χ4v) is 2.09. The predicted molar refractivity (Wildman–Crippen MR) is 87.1 cm³/mol. The van der Waals surface area contributed by atoms with Crippen LogP contribution in [0.1, 0.15) is 59.1 Å². The van der Waals surface area contributed by atoms with E-state index in [2.05, 4.69) is 53.7 Å². The van der Waals surface area contributed by atoms with Crippen LogP contribution in [0.2, 0.25) is 0 Å². The summed E-state index contributed by atoms with van der Waals surface area (Å²) in [5.74, 6) is 0.456. The largest absolute Gasteiger partial charge is 1.00 e. The van der Waals surface area contributed by atoms with E-state index in [1.165, 1.54) is 0 Å². The fourth-order valence-electron chi connectivity index (χ4n) is 2.09. The molecule has 0 aliphatic heterocycles. The van der Waals surface area contributed by atoms with Crippen LogP contribution >= 0.6 is 0 Å². The first kappa shape index (κ1) is 28.5. The second kappa shape index (κ2) is 12.1. The van der Waals surface area contributed by atoms with Crippen molar-refractivity contribution in [1.29, 1.82) is 0 Å². The molecule has 0 saturated carbocycles.